The Morgan fingerprint density at radius 2 is 1.92 bits per heavy atom. The number of hydrogen-bond donors (Lipinski definition) is 1. The van der Waals surface area contributed by atoms with Crippen molar-refractivity contribution < 1.29 is 9.59 Å². The Hall–Kier alpha value is -1.89. The zero-order valence-electron chi connectivity index (χ0n) is 14.9. The number of fused-ring (bicyclic) bond motifs is 1. The third-order valence-electron chi connectivity index (χ3n) is 5.91. The minimum Gasteiger partial charge on any atom is -0.353 e. The number of piperazine rings is 1. The molecule has 1 aromatic heterocycles. The van der Waals surface area contributed by atoms with Gasteiger partial charge in [0.2, 0.25) is 5.91 Å². The second-order valence-electron chi connectivity index (χ2n) is 7.66. The number of nitrogens with one attached hydrogen (secondary N) is 1. The summed E-state index contributed by atoms with van der Waals surface area (Å²) < 4.78 is 2.01. The summed E-state index contributed by atoms with van der Waals surface area (Å²) in [6, 6.07) is 0.381. The van der Waals surface area contributed by atoms with Crippen LogP contribution >= 0.6 is 0 Å². The average Bonchev–Trinajstić information content (AvgIpc) is 3.01. The predicted octanol–water partition coefficient (Wildman–Crippen LogP) is 0.502. The second-order valence-corrected chi connectivity index (χ2v) is 7.66. The van der Waals surface area contributed by atoms with Crippen LogP contribution < -0.4 is 5.32 Å². The highest BCUT2D eigenvalue weighted by Crippen LogP contribution is 2.25. The molecule has 3 aliphatic rings. The Morgan fingerprint density at radius 1 is 1.16 bits per heavy atom. The largest absolute Gasteiger partial charge is 0.353 e. The van der Waals surface area contributed by atoms with Gasteiger partial charge in [0.05, 0.1) is 17.9 Å². The quantitative estimate of drug-likeness (QED) is 0.866. The molecular weight excluding hydrogens is 318 g/mol. The van der Waals surface area contributed by atoms with E-state index in [2.05, 4.69) is 22.2 Å². The normalized spacial score (nSPS) is 24.5. The molecule has 2 fully saturated rings. The molecule has 25 heavy (non-hydrogen) atoms. The average molecular weight is 345 g/mol. The third-order valence-corrected chi connectivity index (χ3v) is 5.91. The van der Waals surface area contributed by atoms with Crippen LogP contribution in [0.25, 0.3) is 0 Å². The molecule has 7 heteroatoms. The lowest BCUT2D eigenvalue weighted by Crippen LogP contribution is -2.47. The lowest BCUT2D eigenvalue weighted by molar-refractivity contribution is -0.127. The summed E-state index contributed by atoms with van der Waals surface area (Å²) in [5.41, 5.74) is 1.58. The molecule has 0 spiro atoms. The van der Waals surface area contributed by atoms with Crippen molar-refractivity contribution in [3.05, 3.63) is 17.7 Å². The van der Waals surface area contributed by atoms with E-state index in [1.165, 1.54) is 6.42 Å². The van der Waals surface area contributed by atoms with E-state index in [1.807, 2.05) is 9.47 Å². The summed E-state index contributed by atoms with van der Waals surface area (Å²) in [5.74, 6) is 0.198. The van der Waals surface area contributed by atoms with Gasteiger partial charge >= 0.3 is 0 Å². The molecule has 1 N–H and O–H groups in total. The molecule has 1 saturated heterocycles. The molecule has 1 aliphatic carbocycles. The molecule has 0 radical (unpaired) electrons. The van der Waals surface area contributed by atoms with E-state index in [9.17, 15) is 9.59 Å². The van der Waals surface area contributed by atoms with Crippen molar-refractivity contribution in [1.82, 2.24) is 24.7 Å². The van der Waals surface area contributed by atoms with Gasteiger partial charge in [0.1, 0.15) is 5.69 Å². The van der Waals surface area contributed by atoms with Crippen molar-refractivity contribution in [3.8, 4) is 0 Å². The van der Waals surface area contributed by atoms with Gasteiger partial charge in [0, 0.05) is 38.8 Å². The number of carbonyl (C=O) groups is 2. The predicted molar refractivity (Wildman–Crippen MR) is 93.2 cm³/mol. The van der Waals surface area contributed by atoms with Crippen molar-refractivity contribution in [3.63, 3.8) is 0 Å². The maximum Gasteiger partial charge on any atom is 0.274 e. The molecule has 7 nitrogen and oxygen atoms in total. The zero-order chi connectivity index (χ0) is 17.4. The van der Waals surface area contributed by atoms with Crippen molar-refractivity contribution in [2.75, 3.05) is 33.2 Å². The van der Waals surface area contributed by atoms with E-state index >= 15 is 0 Å². The fourth-order valence-electron chi connectivity index (χ4n) is 3.89. The molecule has 1 unspecified atom stereocenters. The molecule has 0 bridgehead atoms. The summed E-state index contributed by atoms with van der Waals surface area (Å²) in [4.78, 5) is 33.7. The smallest absolute Gasteiger partial charge is 0.274 e. The lowest BCUT2D eigenvalue weighted by atomic mass is 9.91. The fraction of sp³-hybridized carbons (Fsp3) is 0.722. The van der Waals surface area contributed by atoms with E-state index in [4.69, 9.17) is 0 Å². The van der Waals surface area contributed by atoms with Crippen molar-refractivity contribution in [2.24, 2.45) is 5.92 Å². The van der Waals surface area contributed by atoms with E-state index < -0.39 is 0 Å². The van der Waals surface area contributed by atoms with Crippen LogP contribution in [0.3, 0.4) is 0 Å². The van der Waals surface area contributed by atoms with Gasteiger partial charge in [-0.3, -0.25) is 9.59 Å². The van der Waals surface area contributed by atoms with Crippen LogP contribution in [0.15, 0.2) is 6.33 Å². The first kappa shape index (κ1) is 16.6. The van der Waals surface area contributed by atoms with Crippen molar-refractivity contribution in [1.29, 1.82) is 0 Å². The van der Waals surface area contributed by atoms with Gasteiger partial charge in [0.25, 0.3) is 5.91 Å². The topological polar surface area (TPSA) is 70.5 Å². The Morgan fingerprint density at radius 3 is 2.60 bits per heavy atom. The van der Waals surface area contributed by atoms with Gasteiger partial charge in [-0.05, 0) is 39.2 Å². The van der Waals surface area contributed by atoms with Crippen LogP contribution in [0.4, 0.5) is 0 Å². The summed E-state index contributed by atoms with van der Waals surface area (Å²) in [7, 11) is 2.08. The van der Waals surface area contributed by atoms with Crippen LogP contribution in [0, 0.1) is 5.92 Å². The summed E-state index contributed by atoms with van der Waals surface area (Å²) >= 11 is 0. The molecule has 3 heterocycles. The van der Waals surface area contributed by atoms with E-state index in [0.29, 0.717) is 18.3 Å². The van der Waals surface area contributed by atoms with Crippen LogP contribution in [-0.2, 0) is 17.8 Å². The first-order valence-corrected chi connectivity index (χ1v) is 9.44. The summed E-state index contributed by atoms with van der Waals surface area (Å²) in [6.45, 7) is 3.97. The summed E-state index contributed by atoms with van der Waals surface area (Å²) in [5, 5.41) is 3.15. The molecular formula is C18H27N5O2. The molecule has 2 aliphatic heterocycles. The van der Waals surface area contributed by atoms with Gasteiger partial charge in [-0.1, -0.05) is 0 Å². The number of aromatic nitrogens is 2. The van der Waals surface area contributed by atoms with Crippen molar-refractivity contribution in [2.45, 2.75) is 44.7 Å². The maximum atomic E-state index is 12.8. The Balaban J connectivity index is 1.41. The Bertz CT molecular complexity index is 658. The minimum absolute atomic E-state index is 0.00566. The number of nitrogens with zero attached hydrogens (tertiary/aromatic N) is 4. The maximum absolute atomic E-state index is 12.8. The monoisotopic (exact) mass is 345 g/mol. The molecule has 1 saturated carbocycles. The number of likely N-dealkylation sites (N-methyl/N-ethyl adjacent to an activating group) is 1. The molecule has 136 valence electrons. The standard InChI is InChI=1S/C18H27N5O2/c1-21-7-9-22(10-8-21)18(25)16-15-6-5-13(11-23(15)12-19-16)17(24)20-14-3-2-4-14/h12-14H,2-11H2,1H3,(H,20,24). The van der Waals surface area contributed by atoms with E-state index in [-0.39, 0.29) is 17.7 Å². The number of carbonyl (C=O) groups excluding carboxylic acids is 2. The van der Waals surface area contributed by atoms with Gasteiger partial charge in [-0.2, -0.15) is 0 Å². The highest BCUT2D eigenvalue weighted by Gasteiger charge is 2.32. The van der Waals surface area contributed by atoms with E-state index in [1.54, 1.807) is 6.33 Å². The lowest BCUT2D eigenvalue weighted by Gasteiger charge is -2.32. The zero-order valence-corrected chi connectivity index (χ0v) is 14.9. The first-order chi connectivity index (χ1) is 12.1. The van der Waals surface area contributed by atoms with Crippen LogP contribution in [-0.4, -0.2) is 70.4 Å². The molecule has 1 aromatic rings. The molecule has 4 rings (SSSR count). The molecule has 1 atom stereocenters. The van der Waals surface area contributed by atoms with Crippen LogP contribution in [0.2, 0.25) is 0 Å². The van der Waals surface area contributed by atoms with Gasteiger partial charge in [0.15, 0.2) is 0 Å². The Kier molecular flexibility index (Phi) is 4.50. The Labute approximate surface area is 148 Å². The third kappa shape index (κ3) is 3.29. The van der Waals surface area contributed by atoms with Gasteiger partial charge in [-0.25, -0.2) is 4.98 Å². The minimum atomic E-state index is -0.00566. The van der Waals surface area contributed by atoms with E-state index in [0.717, 1.165) is 57.6 Å². The molecule has 0 aromatic carbocycles. The number of hydrogen-bond acceptors (Lipinski definition) is 4. The highest BCUT2D eigenvalue weighted by atomic mass is 16.2. The van der Waals surface area contributed by atoms with Crippen LogP contribution in [0.5, 0.6) is 0 Å². The summed E-state index contributed by atoms with van der Waals surface area (Å²) in [6.07, 6.45) is 6.72. The SMILES string of the molecule is CN1CCN(C(=O)c2ncn3c2CCC(C(=O)NC2CCC2)C3)CC1. The number of imidazole rings is 1. The molecule has 2 amide bonds. The van der Waals surface area contributed by atoms with Crippen molar-refractivity contribution >= 4 is 11.8 Å². The first-order valence-electron chi connectivity index (χ1n) is 9.44. The van der Waals surface area contributed by atoms with Gasteiger partial charge in [-0.15, -0.1) is 0 Å². The number of rotatable bonds is 3. The fourth-order valence-corrected chi connectivity index (χ4v) is 3.89. The van der Waals surface area contributed by atoms with Crippen LogP contribution in [0.1, 0.15) is 41.9 Å². The number of amides is 2. The van der Waals surface area contributed by atoms with Gasteiger partial charge < -0.3 is 19.7 Å². The second kappa shape index (κ2) is 6.78. The highest BCUT2D eigenvalue weighted by molar-refractivity contribution is 5.93.